The highest BCUT2D eigenvalue weighted by Gasteiger charge is 2.47. The fourth-order valence-corrected chi connectivity index (χ4v) is 4.52. The molecule has 0 saturated carbocycles. The van der Waals surface area contributed by atoms with Gasteiger partial charge in [0.15, 0.2) is 12.4 Å². The number of nitrogens with zero attached hydrogens (tertiary/aromatic N) is 2. The molecule has 3 N–H and O–H groups in total. The Morgan fingerprint density at radius 1 is 1.24 bits per heavy atom. The summed E-state index contributed by atoms with van der Waals surface area (Å²) in [6.45, 7) is 0.229. The summed E-state index contributed by atoms with van der Waals surface area (Å²) in [5.74, 6) is 2.79. The molecule has 0 bridgehead atoms. The lowest BCUT2D eigenvalue weighted by molar-refractivity contribution is -0.293. The summed E-state index contributed by atoms with van der Waals surface area (Å²) in [4.78, 5) is 17.6. The molecule has 1 aliphatic rings. The molecule has 1 saturated heterocycles. The lowest BCUT2D eigenvalue weighted by Crippen LogP contribution is -2.60. The zero-order chi connectivity index (χ0) is 27.2. The van der Waals surface area contributed by atoms with E-state index in [0.717, 1.165) is 17.5 Å². The molecular weight excluding hydrogens is 516 g/mol. The number of carbonyl (C=O) groups excluding carboxylic acids is 1. The predicted molar refractivity (Wildman–Crippen MR) is 138 cm³/mol. The normalized spacial score (nSPS) is 23.2. The van der Waals surface area contributed by atoms with Crippen LogP contribution in [-0.4, -0.2) is 75.3 Å². The molecule has 0 unspecified atom stereocenters. The first-order valence-corrected chi connectivity index (χ1v) is 12.4. The van der Waals surface area contributed by atoms with Crippen LogP contribution in [0.4, 0.5) is 0 Å². The summed E-state index contributed by atoms with van der Waals surface area (Å²) in [7, 11) is 1.29. The van der Waals surface area contributed by atoms with Crippen LogP contribution in [0.5, 0.6) is 5.75 Å². The zero-order valence-electron chi connectivity index (χ0n) is 20.7. The van der Waals surface area contributed by atoms with E-state index < -0.39 is 43.3 Å². The van der Waals surface area contributed by atoms with Crippen LogP contribution < -0.4 is 4.74 Å². The first-order valence-electron chi connectivity index (χ1n) is 12.0. The SMILES string of the molecule is C#CCCCn1c(COc2cc(Cl)cc(C(=O)O[C@H]3[C@@H](OC)O[C@H](CO)[C@@H](O)[C@@H]3O)c2)nc2ccccc21. The highest BCUT2D eigenvalue weighted by atomic mass is 35.5. The van der Waals surface area contributed by atoms with Gasteiger partial charge in [0.2, 0.25) is 0 Å². The smallest absolute Gasteiger partial charge is 0.338 e. The largest absolute Gasteiger partial charge is 0.486 e. The van der Waals surface area contributed by atoms with Crippen LogP contribution in [0.25, 0.3) is 11.0 Å². The summed E-state index contributed by atoms with van der Waals surface area (Å²) >= 11 is 6.25. The Hall–Kier alpha value is -3.17. The Kier molecular flexibility index (Phi) is 9.22. The maximum absolute atomic E-state index is 13.0. The van der Waals surface area contributed by atoms with Gasteiger partial charge in [-0.2, -0.15) is 0 Å². The van der Waals surface area contributed by atoms with E-state index in [0.29, 0.717) is 24.5 Å². The third-order valence-electron chi connectivity index (χ3n) is 6.21. The molecule has 0 aliphatic carbocycles. The Balaban J connectivity index is 1.50. The number of methoxy groups -OCH3 is 1. The van der Waals surface area contributed by atoms with Gasteiger partial charge in [0.25, 0.3) is 0 Å². The molecule has 5 atom stereocenters. The summed E-state index contributed by atoms with van der Waals surface area (Å²) < 4.78 is 24.0. The molecule has 0 spiro atoms. The molecular formula is C27H29ClN2O8. The Bertz CT molecular complexity index is 1300. The molecule has 1 aliphatic heterocycles. The van der Waals surface area contributed by atoms with Crippen LogP contribution in [0, 0.1) is 12.3 Å². The molecule has 4 rings (SSSR count). The number of aliphatic hydroxyl groups is 3. The highest BCUT2D eigenvalue weighted by molar-refractivity contribution is 6.31. The fraction of sp³-hybridized carbons (Fsp3) is 0.407. The van der Waals surface area contributed by atoms with Gasteiger partial charge in [-0.15, -0.1) is 12.3 Å². The molecule has 2 aromatic carbocycles. The van der Waals surface area contributed by atoms with E-state index in [1.807, 2.05) is 28.8 Å². The number of unbranched alkanes of at least 4 members (excludes halogenated alkanes) is 1. The van der Waals surface area contributed by atoms with Gasteiger partial charge >= 0.3 is 5.97 Å². The Labute approximate surface area is 224 Å². The number of para-hydroxylation sites is 2. The summed E-state index contributed by atoms with van der Waals surface area (Å²) in [5, 5.41) is 30.2. The van der Waals surface area contributed by atoms with Crippen molar-refractivity contribution >= 4 is 28.6 Å². The van der Waals surface area contributed by atoms with Crippen molar-refractivity contribution in [1.29, 1.82) is 0 Å². The average molecular weight is 545 g/mol. The third kappa shape index (κ3) is 6.10. The zero-order valence-corrected chi connectivity index (χ0v) is 21.5. The molecule has 202 valence electrons. The lowest BCUT2D eigenvalue weighted by Gasteiger charge is -2.40. The number of terminal acetylenes is 1. The van der Waals surface area contributed by atoms with E-state index >= 15 is 0 Å². The van der Waals surface area contributed by atoms with Crippen molar-refractivity contribution in [1.82, 2.24) is 9.55 Å². The highest BCUT2D eigenvalue weighted by Crippen LogP contribution is 2.27. The van der Waals surface area contributed by atoms with Gasteiger partial charge in [0.1, 0.15) is 36.5 Å². The minimum absolute atomic E-state index is 0.0517. The third-order valence-corrected chi connectivity index (χ3v) is 6.43. The van der Waals surface area contributed by atoms with Gasteiger partial charge < -0.3 is 38.8 Å². The van der Waals surface area contributed by atoms with E-state index in [4.69, 9.17) is 37.0 Å². The molecule has 0 radical (unpaired) electrons. The van der Waals surface area contributed by atoms with Gasteiger partial charge in [0, 0.05) is 25.1 Å². The van der Waals surface area contributed by atoms with Crippen molar-refractivity contribution in [2.75, 3.05) is 13.7 Å². The number of carbonyl (C=O) groups is 1. The maximum atomic E-state index is 13.0. The number of ether oxygens (including phenoxy) is 4. The minimum Gasteiger partial charge on any atom is -0.486 e. The molecule has 0 amide bonds. The van der Waals surface area contributed by atoms with Crippen LogP contribution in [0.3, 0.4) is 0 Å². The van der Waals surface area contributed by atoms with Crippen molar-refractivity contribution in [2.24, 2.45) is 0 Å². The molecule has 10 nitrogen and oxygen atoms in total. The van der Waals surface area contributed by atoms with Gasteiger partial charge in [0.05, 0.1) is 23.2 Å². The van der Waals surface area contributed by atoms with E-state index in [1.165, 1.54) is 19.2 Å². The topological polar surface area (TPSA) is 132 Å². The van der Waals surface area contributed by atoms with Crippen molar-refractivity contribution in [3.05, 3.63) is 58.9 Å². The summed E-state index contributed by atoms with van der Waals surface area (Å²) in [6, 6.07) is 12.1. The molecule has 38 heavy (non-hydrogen) atoms. The number of hydrogen-bond donors (Lipinski definition) is 3. The predicted octanol–water partition coefficient (Wildman–Crippen LogP) is 2.29. The van der Waals surface area contributed by atoms with Crippen LogP contribution in [-0.2, 0) is 27.4 Å². The van der Waals surface area contributed by atoms with Crippen molar-refractivity contribution in [3.8, 4) is 18.1 Å². The second kappa shape index (κ2) is 12.6. The fourth-order valence-electron chi connectivity index (χ4n) is 4.30. The van der Waals surface area contributed by atoms with Crippen molar-refractivity contribution in [2.45, 2.75) is 56.7 Å². The average Bonchev–Trinajstić information content (AvgIpc) is 3.27. The molecule has 1 aromatic heterocycles. The number of rotatable bonds is 10. The lowest BCUT2D eigenvalue weighted by atomic mass is 9.99. The van der Waals surface area contributed by atoms with Gasteiger partial charge in [-0.05, 0) is 36.8 Å². The van der Waals surface area contributed by atoms with Gasteiger partial charge in [-0.3, -0.25) is 0 Å². The molecule has 2 heterocycles. The standard InChI is InChI=1S/C27H29ClN2O8/c1-3-4-7-10-30-20-9-6-5-8-19(20)29-22(30)15-36-18-12-16(11-17(28)13-18)26(34)38-25-24(33)23(32)21(14-31)37-27(25)35-2/h1,5-6,8-9,11-13,21,23-25,27,31-33H,4,7,10,14-15H2,2H3/t21-,23-,24+,25-,27+/m1/s1. The number of imidazole rings is 1. The van der Waals surface area contributed by atoms with Gasteiger partial charge in [-0.25, -0.2) is 9.78 Å². The van der Waals surface area contributed by atoms with Crippen LogP contribution in [0.2, 0.25) is 5.02 Å². The van der Waals surface area contributed by atoms with Crippen LogP contribution in [0.1, 0.15) is 29.0 Å². The second-order valence-electron chi connectivity index (χ2n) is 8.75. The number of esters is 1. The molecule has 1 fully saturated rings. The quantitative estimate of drug-likeness (QED) is 0.200. The summed E-state index contributed by atoms with van der Waals surface area (Å²) in [5.41, 5.74) is 1.84. The monoisotopic (exact) mass is 544 g/mol. The first-order chi connectivity index (χ1) is 18.4. The number of aryl methyl sites for hydroxylation is 1. The Morgan fingerprint density at radius 2 is 2.03 bits per heavy atom. The molecule has 11 heteroatoms. The van der Waals surface area contributed by atoms with Crippen molar-refractivity contribution in [3.63, 3.8) is 0 Å². The summed E-state index contributed by atoms with van der Waals surface area (Å²) in [6.07, 6.45) is 0.147. The van der Waals surface area contributed by atoms with E-state index in [1.54, 1.807) is 6.07 Å². The van der Waals surface area contributed by atoms with Crippen LogP contribution in [0.15, 0.2) is 42.5 Å². The number of aliphatic hydroxyl groups excluding tert-OH is 3. The maximum Gasteiger partial charge on any atom is 0.338 e. The minimum atomic E-state index is -1.55. The number of aromatic nitrogens is 2. The van der Waals surface area contributed by atoms with E-state index in [-0.39, 0.29) is 17.2 Å². The number of benzene rings is 2. The van der Waals surface area contributed by atoms with Gasteiger partial charge in [-0.1, -0.05) is 23.7 Å². The van der Waals surface area contributed by atoms with Crippen molar-refractivity contribution < 1.29 is 39.1 Å². The Morgan fingerprint density at radius 3 is 2.76 bits per heavy atom. The van der Waals surface area contributed by atoms with Crippen LogP contribution >= 0.6 is 11.6 Å². The second-order valence-corrected chi connectivity index (χ2v) is 9.19. The number of hydrogen-bond acceptors (Lipinski definition) is 9. The molecule has 3 aromatic rings. The van der Waals surface area contributed by atoms with E-state index in [2.05, 4.69) is 10.9 Å². The first kappa shape index (κ1) is 27.9. The number of halogens is 1. The number of fused-ring (bicyclic) bond motifs is 1. The van der Waals surface area contributed by atoms with E-state index in [9.17, 15) is 20.1 Å².